The first-order valence-electron chi connectivity index (χ1n) is 12.8. The third-order valence-electron chi connectivity index (χ3n) is 5.49. The van der Waals surface area contributed by atoms with Gasteiger partial charge in [0, 0.05) is 39.5 Å². The lowest BCUT2D eigenvalue weighted by Crippen LogP contribution is -2.27. The van der Waals surface area contributed by atoms with E-state index in [2.05, 4.69) is 13.2 Å². The van der Waals surface area contributed by atoms with E-state index < -0.39 is 24.1 Å². The molecule has 3 rings (SSSR count). The number of rotatable bonds is 16. The van der Waals surface area contributed by atoms with Crippen molar-refractivity contribution in [3.05, 3.63) is 109 Å². The minimum Gasteiger partial charge on any atom is -0.490 e. The first-order valence-corrected chi connectivity index (χ1v) is 14.7. The number of aryl methyl sites for hydroxylation is 2. The van der Waals surface area contributed by atoms with Gasteiger partial charge in [-0.1, -0.05) is 54.6 Å². The number of carbonyl (C=O) groups is 2. The summed E-state index contributed by atoms with van der Waals surface area (Å²) in [5.41, 5.74) is 2.36. The Morgan fingerprint density at radius 2 is 1.10 bits per heavy atom. The molecule has 0 aliphatic rings. The first-order chi connectivity index (χ1) is 19.3. The van der Waals surface area contributed by atoms with E-state index in [0.29, 0.717) is 23.0 Å². The van der Waals surface area contributed by atoms with Crippen LogP contribution < -0.4 is 9.47 Å². The Morgan fingerprint density at radius 1 is 0.700 bits per heavy atom. The molecule has 210 valence electrons. The predicted molar refractivity (Wildman–Crippen MR) is 161 cm³/mol. The first kappa shape index (κ1) is 30.9. The zero-order chi connectivity index (χ0) is 28.7. The van der Waals surface area contributed by atoms with E-state index in [1.807, 2.05) is 68.4 Å². The smallest absolute Gasteiger partial charge is 0.330 e. The Morgan fingerprint density at radius 3 is 1.48 bits per heavy atom. The second kappa shape index (κ2) is 16.5. The van der Waals surface area contributed by atoms with E-state index >= 15 is 0 Å². The summed E-state index contributed by atoms with van der Waals surface area (Å²) < 4.78 is 22.9. The molecule has 0 spiro atoms. The predicted octanol–water partition coefficient (Wildman–Crippen LogP) is 6.84. The van der Waals surface area contributed by atoms with Gasteiger partial charge in [-0.15, -0.1) is 23.5 Å². The van der Waals surface area contributed by atoms with Crippen molar-refractivity contribution >= 4 is 35.5 Å². The minimum absolute atomic E-state index is 0.161. The number of carbonyl (C=O) groups excluding carboxylic acids is 2. The highest BCUT2D eigenvalue weighted by Crippen LogP contribution is 2.24. The molecule has 0 aromatic heterocycles. The number of esters is 2. The molecule has 0 radical (unpaired) electrons. The van der Waals surface area contributed by atoms with Crippen LogP contribution in [0.25, 0.3) is 0 Å². The molecule has 0 heterocycles. The lowest BCUT2D eigenvalue weighted by atomic mass is 10.2. The maximum absolute atomic E-state index is 11.9. The van der Waals surface area contributed by atoms with Gasteiger partial charge >= 0.3 is 11.9 Å². The number of benzene rings is 3. The summed E-state index contributed by atoms with van der Waals surface area (Å²) in [5, 5.41) is 0. The molecule has 40 heavy (non-hydrogen) atoms. The number of hydrogen-bond donors (Lipinski definition) is 0. The van der Waals surface area contributed by atoms with Gasteiger partial charge in [-0.05, 0) is 50.2 Å². The SMILES string of the molecule is C=CC(=O)OC(COc1cccc(OCC(CSc2ccc(C)cc2)OC(=O)C=C)c1)CSc1ccc(C)cc1. The Bertz CT molecular complexity index is 1160. The van der Waals surface area contributed by atoms with Crippen LogP contribution in [0.1, 0.15) is 11.1 Å². The van der Waals surface area contributed by atoms with E-state index in [4.69, 9.17) is 18.9 Å². The Hall–Kier alpha value is -3.62. The summed E-state index contributed by atoms with van der Waals surface area (Å²) in [4.78, 5) is 25.9. The van der Waals surface area contributed by atoms with Crippen LogP contribution in [0.2, 0.25) is 0 Å². The highest BCUT2D eigenvalue weighted by molar-refractivity contribution is 7.99. The third-order valence-corrected chi connectivity index (χ3v) is 7.78. The molecule has 0 aliphatic carbocycles. The van der Waals surface area contributed by atoms with Crippen LogP contribution in [0.4, 0.5) is 0 Å². The molecule has 0 bridgehead atoms. The van der Waals surface area contributed by atoms with Crippen molar-refractivity contribution in [1.82, 2.24) is 0 Å². The molecule has 6 nitrogen and oxygen atoms in total. The van der Waals surface area contributed by atoms with Crippen molar-refractivity contribution in [2.24, 2.45) is 0 Å². The summed E-state index contributed by atoms with van der Waals surface area (Å²) in [7, 11) is 0. The number of thioether (sulfide) groups is 2. The molecular weight excluding hydrogens is 544 g/mol. The summed E-state index contributed by atoms with van der Waals surface area (Å²) in [5.74, 6) is 1.16. The summed E-state index contributed by atoms with van der Waals surface area (Å²) in [6, 6.07) is 23.5. The van der Waals surface area contributed by atoms with E-state index in [-0.39, 0.29) is 13.2 Å². The maximum atomic E-state index is 11.9. The van der Waals surface area contributed by atoms with Crippen molar-refractivity contribution in [2.45, 2.75) is 35.8 Å². The van der Waals surface area contributed by atoms with Gasteiger partial charge in [-0.2, -0.15) is 0 Å². The standard InChI is InChI=1S/C32H34O6S2/c1-5-31(33)37-27(21-39-29-14-10-23(3)11-15-29)19-35-25-8-7-9-26(18-25)36-20-28(38-32(34)6-2)22-40-30-16-12-24(4)13-17-30/h5-18,27-28H,1-2,19-22H2,3-4H3. The van der Waals surface area contributed by atoms with E-state index in [0.717, 1.165) is 21.9 Å². The molecule has 3 aromatic carbocycles. The van der Waals surface area contributed by atoms with Crippen LogP contribution in [-0.4, -0.2) is 48.9 Å². The maximum Gasteiger partial charge on any atom is 0.330 e. The van der Waals surface area contributed by atoms with Crippen molar-refractivity contribution < 1.29 is 28.5 Å². The van der Waals surface area contributed by atoms with Crippen LogP contribution in [0.3, 0.4) is 0 Å². The average molecular weight is 579 g/mol. The molecule has 0 fully saturated rings. The molecule has 8 heteroatoms. The normalized spacial score (nSPS) is 12.1. The fourth-order valence-corrected chi connectivity index (χ4v) is 5.08. The van der Waals surface area contributed by atoms with E-state index in [9.17, 15) is 9.59 Å². The summed E-state index contributed by atoms with van der Waals surface area (Å²) >= 11 is 3.17. The quantitative estimate of drug-likeness (QED) is 0.104. The monoisotopic (exact) mass is 578 g/mol. The van der Waals surface area contributed by atoms with Crippen LogP contribution in [0.15, 0.2) is 108 Å². The zero-order valence-corrected chi connectivity index (χ0v) is 24.4. The second-order valence-corrected chi connectivity index (χ2v) is 11.1. The fourth-order valence-electron chi connectivity index (χ4n) is 3.34. The average Bonchev–Trinajstić information content (AvgIpc) is 2.97. The van der Waals surface area contributed by atoms with Gasteiger partial charge < -0.3 is 18.9 Å². The van der Waals surface area contributed by atoms with Gasteiger partial charge in [0.2, 0.25) is 0 Å². The van der Waals surface area contributed by atoms with E-state index in [1.54, 1.807) is 41.7 Å². The number of ether oxygens (including phenoxy) is 4. The van der Waals surface area contributed by atoms with Gasteiger partial charge in [0.25, 0.3) is 0 Å². The Balaban J connectivity index is 1.56. The highest BCUT2D eigenvalue weighted by atomic mass is 32.2. The van der Waals surface area contributed by atoms with Crippen molar-refractivity contribution in [2.75, 3.05) is 24.7 Å². The van der Waals surface area contributed by atoms with Gasteiger partial charge in [-0.25, -0.2) is 9.59 Å². The van der Waals surface area contributed by atoms with Gasteiger partial charge in [-0.3, -0.25) is 0 Å². The molecule has 0 saturated heterocycles. The van der Waals surface area contributed by atoms with Gasteiger partial charge in [0.15, 0.2) is 0 Å². The zero-order valence-electron chi connectivity index (χ0n) is 22.7. The molecule has 0 saturated carbocycles. The second-order valence-electron chi connectivity index (χ2n) is 8.87. The van der Waals surface area contributed by atoms with Gasteiger partial charge in [0.05, 0.1) is 0 Å². The highest BCUT2D eigenvalue weighted by Gasteiger charge is 2.17. The molecular formula is C32H34O6S2. The molecule has 2 unspecified atom stereocenters. The van der Waals surface area contributed by atoms with E-state index in [1.165, 1.54) is 11.1 Å². The van der Waals surface area contributed by atoms with Crippen molar-refractivity contribution in [3.8, 4) is 11.5 Å². The topological polar surface area (TPSA) is 71.1 Å². The lowest BCUT2D eigenvalue weighted by molar-refractivity contribution is -0.144. The molecule has 0 amide bonds. The summed E-state index contributed by atoms with van der Waals surface area (Å²) in [6.45, 7) is 11.4. The molecule has 3 aromatic rings. The fraction of sp³-hybridized carbons (Fsp3) is 0.250. The van der Waals surface area contributed by atoms with Crippen molar-refractivity contribution in [3.63, 3.8) is 0 Å². The largest absolute Gasteiger partial charge is 0.490 e. The minimum atomic E-state index is -0.501. The van der Waals surface area contributed by atoms with Crippen LogP contribution >= 0.6 is 23.5 Å². The molecule has 0 aliphatic heterocycles. The third kappa shape index (κ3) is 11.2. The number of hydrogen-bond acceptors (Lipinski definition) is 8. The molecule has 2 atom stereocenters. The Labute approximate surface area is 244 Å². The van der Waals surface area contributed by atoms with Crippen LogP contribution in [0, 0.1) is 13.8 Å². The Kier molecular flexibility index (Phi) is 12.7. The van der Waals surface area contributed by atoms with Gasteiger partial charge in [0.1, 0.15) is 36.9 Å². The van der Waals surface area contributed by atoms with Crippen LogP contribution in [0.5, 0.6) is 11.5 Å². The molecule has 0 N–H and O–H groups in total. The van der Waals surface area contributed by atoms with Crippen molar-refractivity contribution in [1.29, 1.82) is 0 Å². The van der Waals surface area contributed by atoms with Crippen LogP contribution in [-0.2, 0) is 19.1 Å². The lowest BCUT2D eigenvalue weighted by Gasteiger charge is -2.19. The summed E-state index contributed by atoms with van der Waals surface area (Å²) in [6.07, 6.45) is 1.32.